The van der Waals surface area contributed by atoms with Gasteiger partial charge in [0, 0.05) is 36.4 Å². The zero-order chi connectivity index (χ0) is 31.3. The lowest BCUT2D eigenvalue weighted by Crippen LogP contribution is -2.41. The van der Waals surface area contributed by atoms with Crippen molar-refractivity contribution in [1.29, 1.82) is 0 Å². The monoisotopic (exact) mass is 675 g/mol. The van der Waals surface area contributed by atoms with Gasteiger partial charge in [0.1, 0.15) is 10.8 Å². The first-order valence-corrected chi connectivity index (χ1v) is 13.9. The smallest absolute Gasteiger partial charge is 0.338 e. The van der Waals surface area contributed by atoms with Crippen LogP contribution in [0.15, 0.2) is 72.8 Å². The molecule has 3 aromatic rings. The van der Waals surface area contributed by atoms with Crippen LogP contribution in [0.1, 0.15) is 31.1 Å². The van der Waals surface area contributed by atoms with Crippen LogP contribution in [0.3, 0.4) is 0 Å². The summed E-state index contributed by atoms with van der Waals surface area (Å²) in [6.45, 7) is -0.327. The van der Waals surface area contributed by atoms with Crippen molar-refractivity contribution in [2.24, 2.45) is 0 Å². The number of nitro groups is 3. The van der Waals surface area contributed by atoms with Crippen LogP contribution >= 0.6 is 27.7 Å². The van der Waals surface area contributed by atoms with E-state index in [1.54, 1.807) is 0 Å². The van der Waals surface area contributed by atoms with E-state index in [-0.39, 0.29) is 40.4 Å². The maximum absolute atomic E-state index is 13.0. The van der Waals surface area contributed by atoms with Gasteiger partial charge in [-0.15, -0.1) is 11.8 Å². The van der Waals surface area contributed by atoms with E-state index in [0.717, 1.165) is 48.2 Å². The van der Waals surface area contributed by atoms with Crippen LogP contribution in [0.25, 0.3) is 0 Å². The van der Waals surface area contributed by atoms with Gasteiger partial charge in [-0.05, 0) is 36.4 Å². The molecule has 3 aromatic carbocycles. The van der Waals surface area contributed by atoms with Crippen LogP contribution in [-0.4, -0.2) is 60.9 Å². The van der Waals surface area contributed by atoms with E-state index in [2.05, 4.69) is 15.9 Å². The molecule has 15 nitrogen and oxygen atoms in total. The van der Waals surface area contributed by atoms with Crippen molar-refractivity contribution in [2.45, 2.75) is 21.6 Å². The molecule has 0 aromatic heterocycles. The Bertz CT molecular complexity index is 1570. The number of benzene rings is 3. The van der Waals surface area contributed by atoms with Crippen molar-refractivity contribution in [2.75, 3.05) is 6.61 Å². The van der Waals surface area contributed by atoms with E-state index in [0.29, 0.717) is 0 Å². The second-order valence-corrected chi connectivity index (χ2v) is 11.8. The maximum Gasteiger partial charge on any atom is 0.338 e. The minimum Gasteiger partial charge on any atom is -0.461 e. The van der Waals surface area contributed by atoms with E-state index >= 15 is 0 Å². The minimum absolute atomic E-state index is 0.0104. The van der Waals surface area contributed by atoms with Crippen LogP contribution in [0.5, 0.6) is 0 Å². The molecule has 0 bridgehead atoms. The Morgan fingerprint density at radius 2 is 0.977 bits per heavy atom. The molecule has 17 heteroatoms. The standard InChI is InChI=1S/C26H18BrN3O12S/c27-23-22(42-26(33)16-5-11-19(12-6-16)30(38)39)21(41-25(32)15-3-9-18(10-4-15)29(36)37)20(43-23)13-40-24(31)14-1-7-17(8-2-14)28(34)35/h1-12,20-23H,13H2/t20-,21-,22-,23?/m0/s1. The molecular weight excluding hydrogens is 658 g/mol. The highest BCUT2D eigenvalue weighted by Crippen LogP contribution is 2.42. The number of carbonyl (C=O) groups is 3. The van der Waals surface area contributed by atoms with Crippen molar-refractivity contribution in [3.8, 4) is 0 Å². The fourth-order valence-electron chi connectivity index (χ4n) is 3.86. The van der Waals surface area contributed by atoms with Gasteiger partial charge in [-0.1, -0.05) is 15.9 Å². The third-order valence-electron chi connectivity index (χ3n) is 6.06. The normalized spacial score (nSPS) is 19.2. The largest absolute Gasteiger partial charge is 0.461 e. The Labute approximate surface area is 253 Å². The zero-order valence-electron chi connectivity index (χ0n) is 21.5. The topological polar surface area (TPSA) is 208 Å². The fourth-order valence-corrected chi connectivity index (χ4v) is 6.31. The van der Waals surface area contributed by atoms with Crippen LogP contribution < -0.4 is 0 Å². The predicted molar refractivity (Wildman–Crippen MR) is 152 cm³/mol. The molecule has 0 N–H and O–H groups in total. The molecule has 4 rings (SSSR count). The summed E-state index contributed by atoms with van der Waals surface area (Å²) in [5.41, 5.74) is -0.722. The highest BCUT2D eigenvalue weighted by Gasteiger charge is 2.49. The summed E-state index contributed by atoms with van der Waals surface area (Å²) < 4.78 is 16.0. The average molecular weight is 676 g/mol. The summed E-state index contributed by atoms with van der Waals surface area (Å²) in [5.74, 6) is -2.58. The number of nitrogens with zero attached hydrogens (tertiary/aromatic N) is 3. The second kappa shape index (κ2) is 13.4. The average Bonchev–Trinajstić information content (AvgIpc) is 3.28. The SMILES string of the molecule is O=C(OC[C@@H]1SC(Br)[C@@H](OC(=O)c2ccc([N+](=O)[O-])cc2)[C@H]1OC(=O)c1ccc([N+](=O)[O-])cc1)c1ccc([N+](=O)[O-])cc1. The molecule has 0 spiro atoms. The lowest BCUT2D eigenvalue weighted by molar-refractivity contribution is -0.385. The second-order valence-electron chi connectivity index (χ2n) is 8.78. The molecular formula is C26H18BrN3O12S. The molecule has 1 aliphatic heterocycles. The van der Waals surface area contributed by atoms with Gasteiger partial charge in [0.2, 0.25) is 0 Å². The molecule has 43 heavy (non-hydrogen) atoms. The van der Waals surface area contributed by atoms with Crippen LogP contribution in [-0.2, 0) is 14.2 Å². The number of hydrogen-bond acceptors (Lipinski definition) is 13. The minimum atomic E-state index is -1.19. The number of esters is 3. The highest BCUT2D eigenvalue weighted by atomic mass is 79.9. The molecule has 0 amide bonds. The molecule has 1 fully saturated rings. The maximum atomic E-state index is 13.0. The number of halogens is 1. The molecule has 1 unspecified atom stereocenters. The van der Waals surface area contributed by atoms with E-state index in [4.69, 9.17) is 14.2 Å². The van der Waals surface area contributed by atoms with Crippen LogP contribution in [0, 0.1) is 30.3 Å². The van der Waals surface area contributed by atoms with Crippen molar-refractivity contribution >= 4 is 62.7 Å². The third kappa shape index (κ3) is 7.49. The number of ether oxygens (including phenoxy) is 3. The zero-order valence-corrected chi connectivity index (χ0v) is 23.9. The summed E-state index contributed by atoms with van der Waals surface area (Å²) in [7, 11) is 0. The van der Waals surface area contributed by atoms with Gasteiger partial charge in [0.05, 0.1) is 36.7 Å². The Morgan fingerprint density at radius 1 is 0.628 bits per heavy atom. The van der Waals surface area contributed by atoms with Crippen LogP contribution in [0.2, 0.25) is 0 Å². The first-order valence-electron chi connectivity index (χ1n) is 12.1. The molecule has 1 saturated heterocycles. The van der Waals surface area contributed by atoms with E-state index in [9.17, 15) is 44.7 Å². The fraction of sp³-hybridized carbons (Fsp3) is 0.192. The highest BCUT2D eigenvalue weighted by molar-refractivity contribution is 9.11. The van der Waals surface area contributed by atoms with E-state index in [1.165, 1.54) is 36.4 Å². The Balaban J connectivity index is 1.53. The number of alkyl halides is 1. The number of non-ortho nitro benzene ring substituents is 3. The number of carbonyl (C=O) groups excluding carboxylic acids is 3. The Kier molecular flexibility index (Phi) is 9.66. The van der Waals surface area contributed by atoms with Crippen molar-refractivity contribution in [1.82, 2.24) is 0 Å². The molecule has 0 radical (unpaired) electrons. The lowest BCUT2D eigenvalue weighted by atomic mass is 10.1. The molecule has 222 valence electrons. The molecule has 0 saturated carbocycles. The molecule has 0 aliphatic carbocycles. The summed E-state index contributed by atoms with van der Waals surface area (Å²) in [6, 6.07) is 14.0. The van der Waals surface area contributed by atoms with Crippen molar-refractivity contribution < 1.29 is 43.4 Å². The van der Waals surface area contributed by atoms with Crippen molar-refractivity contribution in [3.63, 3.8) is 0 Å². The van der Waals surface area contributed by atoms with E-state index in [1.807, 2.05) is 0 Å². The summed E-state index contributed by atoms with van der Waals surface area (Å²) >= 11 is 4.52. The Morgan fingerprint density at radius 3 is 1.35 bits per heavy atom. The van der Waals surface area contributed by atoms with Gasteiger partial charge >= 0.3 is 17.9 Å². The van der Waals surface area contributed by atoms with Crippen molar-refractivity contribution in [3.05, 3.63) is 120 Å². The number of nitro benzene ring substituents is 3. The van der Waals surface area contributed by atoms with Gasteiger partial charge in [-0.3, -0.25) is 30.3 Å². The van der Waals surface area contributed by atoms with Gasteiger partial charge in [-0.2, -0.15) is 0 Å². The lowest BCUT2D eigenvalue weighted by Gasteiger charge is -2.24. The summed E-state index contributed by atoms with van der Waals surface area (Å²) in [6.07, 6.45) is -2.32. The van der Waals surface area contributed by atoms with Gasteiger partial charge < -0.3 is 14.2 Å². The van der Waals surface area contributed by atoms with E-state index < -0.39 is 54.3 Å². The summed E-state index contributed by atoms with van der Waals surface area (Å²) in [5, 5.41) is 32.0. The van der Waals surface area contributed by atoms with Gasteiger partial charge in [0.15, 0.2) is 12.2 Å². The molecule has 1 aliphatic rings. The third-order valence-corrected chi connectivity index (χ3v) is 8.51. The number of hydrogen-bond donors (Lipinski definition) is 0. The van der Waals surface area contributed by atoms with Gasteiger partial charge in [-0.25, -0.2) is 14.4 Å². The predicted octanol–water partition coefficient (Wildman–Crippen LogP) is 4.86. The Hall–Kier alpha value is -4.90. The molecule has 1 heterocycles. The first kappa shape index (κ1) is 31.0. The summed E-state index contributed by atoms with van der Waals surface area (Å²) in [4.78, 5) is 69.4. The first-order chi connectivity index (χ1) is 20.4. The quantitative estimate of drug-likeness (QED) is 0.0925. The number of rotatable bonds is 10. The van der Waals surface area contributed by atoms with Gasteiger partial charge in [0.25, 0.3) is 17.1 Å². The molecule has 4 atom stereocenters. The number of thioether (sulfide) groups is 1. The van der Waals surface area contributed by atoms with Crippen LogP contribution in [0.4, 0.5) is 17.1 Å².